The fourth-order valence-corrected chi connectivity index (χ4v) is 0.383. The van der Waals surface area contributed by atoms with Gasteiger partial charge in [0.1, 0.15) is 0 Å². The van der Waals surface area contributed by atoms with Gasteiger partial charge >= 0.3 is 0 Å². The number of alkyl halides is 2. The van der Waals surface area contributed by atoms with E-state index in [-0.39, 0.29) is 6.54 Å². The predicted molar refractivity (Wildman–Crippen MR) is 36.9 cm³/mol. The Bertz CT molecular complexity index is 135. The summed E-state index contributed by atoms with van der Waals surface area (Å²) in [6, 6.07) is 0. The minimum Gasteiger partial charge on any atom is -0.296 e. The van der Waals surface area contributed by atoms with E-state index in [0.29, 0.717) is 0 Å². The number of halogens is 2. The van der Waals surface area contributed by atoms with E-state index in [1.165, 1.54) is 0 Å². The minimum atomic E-state index is -2.34. The second-order valence-corrected chi connectivity index (χ2v) is 2.54. The van der Waals surface area contributed by atoms with Crippen LogP contribution in [0.25, 0.3) is 0 Å². The molecule has 0 saturated heterocycles. The molecule has 0 aliphatic heterocycles. The summed E-state index contributed by atoms with van der Waals surface area (Å²) in [4.78, 5) is 0. The molecule has 0 fully saturated rings. The van der Waals surface area contributed by atoms with Crippen molar-refractivity contribution in [1.82, 2.24) is 5.32 Å². The first-order chi connectivity index (χ1) is 4.48. The van der Waals surface area contributed by atoms with Gasteiger partial charge in [0, 0.05) is 0 Å². The lowest BCUT2D eigenvalue weighted by Gasteiger charge is -2.18. The molecular weight excluding hydrogens is 136 g/mol. The van der Waals surface area contributed by atoms with Crippen molar-refractivity contribution in [2.45, 2.75) is 25.8 Å². The summed E-state index contributed by atoms with van der Waals surface area (Å²) < 4.78 is 23.1. The van der Waals surface area contributed by atoms with Crippen LogP contribution in [0.4, 0.5) is 8.78 Å². The van der Waals surface area contributed by atoms with E-state index in [0.717, 1.165) is 0 Å². The third kappa shape index (κ3) is 4.28. The van der Waals surface area contributed by atoms with Crippen molar-refractivity contribution in [3.63, 3.8) is 0 Å². The lowest BCUT2D eigenvalue weighted by molar-refractivity contribution is 0.139. The first-order valence-corrected chi connectivity index (χ1v) is 2.99. The zero-order chi connectivity index (χ0) is 8.20. The molecule has 0 aliphatic rings. The maximum atomic E-state index is 11.6. The Kier molecular flexibility index (Phi) is 3.31. The molecular formula is C7H11F2N. The maximum Gasteiger partial charge on any atom is 0.250 e. The summed E-state index contributed by atoms with van der Waals surface area (Å²) >= 11 is 0. The van der Waals surface area contributed by atoms with Crippen molar-refractivity contribution in [2.75, 3.05) is 6.54 Å². The van der Waals surface area contributed by atoms with Crippen molar-refractivity contribution in [3.05, 3.63) is 0 Å². The van der Waals surface area contributed by atoms with Crippen LogP contribution in [0, 0.1) is 12.3 Å². The van der Waals surface area contributed by atoms with Crippen molar-refractivity contribution in [3.8, 4) is 12.3 Å². The molecule has 0 aromatic carbocycles. The first kappa shape index (κ1) is 9.38. The minimum absolute atomic E-state index is 0.350. The SMILES string of the molecule is C#CC(C)(C)NCC(F)F. The Morgan fingerprint density at radius 3 is 2.40 bits per heavy atom. The van der Waals surface area contributed by atoms with Gasteiger partial charge in [-0.2, -0.15) is 0 Å². The fourth-order valence-electron chi connectivity index (χ4n) is 0.383. The molecule has 10 heavy (non-hydrogen) atoms. The molecule has 0 bridgehead atoms. The van der Waals surface area contributed by atoms with Crippen LogP contribution in [0.5, 0.6) is 0 Å². The molecule has 1 nitrogen and oxygen atoms in total. The highest BCUT2D eigenvalue weighted by Crippen LogP contribution is 1.99. The number of nitrogens with one attached hydrogen (secondary N) is 1. The average molecular weight is 147 g/mol. The van der Waals surface area contributed by atoms with E-state index in [2.05, 4.69) is 11.2 Å². The molecule has 3 heteroatoms. The highest BCUT2D eigenvalue weighted by molar-refractivity contribution is 5.07. The topological polar surface area (TPSA) is 12.0 Å². The maximum absolute atomic E-state index is 11.6. The number of terminal acetylenes is 1. The molecule has 0 radical (unpaired) electrons. The summed E-state index contributed by atoms with van der Waals surface area (Å²) in [7, 11) is 0. The van der Waals surface area contributed by atoms with Gasteiger partial charge in [0.15, 0.2) is 0 Å². The van der Waals surface area contributed by atoms with E-state index in [9.17, 15) is 8.78 Å². The second-order valence-electron chi connectivity index (χ2n) is 2.54. The zero-order valence-corrected chi connectivity index (χ0v) is 6.12. The van der Waals surface area contributed by atoms with Crippen LogP contribution < -0.4 is 5.32 Å². The number of hydrogen-bond donors (Lipinski definition) is 1. The van der Waals surface area contributed by atoms with Gasteiger partial charge in [-0.05, 0) is 13.8 Å². The van der Waals surface area contributed by atoms with Crippen LogP contribution in [0.3, 0.4) is 0 Å². The molecule has 0 saturated carbocycles. The fraction of sp³-hybridized carbons (Fsp3) is 0.714. The summed E-state index contributed by atoms with van der Waals surface area (Å²) in [5.41, 5.74) is -0.629. The third-order valence-corrected chi connectivity index (χ3v) is 1.06. The normalized spacial score (nSPS) is 11.6. The molecule has 0 heterocycles. The molecule has 0 rings (SSSR count). The van der Waals surface area contributed by atoms with Crippen LogP contribution in [0.15, 0.2) is 0 Å². The molecule has 0 amide bonds. The summed E-state index contributed by atoms with van der Waals surface area (Å²) in [6.07, 6.45) is 2.69. The summed E-state index contributed by atoms with van der Waals surface area (Å²) in [6.45, 7) is 3.00. The molecule has 0 spiro atoms. The molecule has 58 valence electrons. The van der Waals surface area contributed by atoms with Crippen molar-refractivity contribution < 1.29 is 8.78 Å². The van der Waals surface area contributed by atoms with Crippen molar-refractivity contribution in [2.24, 2.45) is 0 Å². The molecule has 0 unspecified atom stereocenters. The Morgan fingerprint density at radius 1 is 1.60 bits per heavy atom. The molecule has 0 aromatic heterocycles. The molecule has 1 N–H and O–H groups in total. The van der Waals surface area contributed by atoms with E-state index < -0.39 is 12.0 Å². The van der Waals surface area contributed by atoms with Gasteiger partial charge in [-0.3, -0.25) is 5.32 Å². The third-order valence-electron chi connectivity index (χ3n) is 1.06. The van der Waals surface area contributed by atoms with Gasteiger partial charge in [-0.1, -0.05) is 5.92 Å². The standard InChI is InChI=1S/C7H11F2N/c1-4-7(2,3)10-5-6(8)9/h1,6,10H,5H2,2-3H3. The van der Waals surface area contributed by atoms with E-state index in [1.807, 2.05) is 0 Å². The van der Waals surface area contributed by atoms with Gasteiger partial charge in [0.25, 0.3) is 6.43 Å². The second kappa shape index (κ2) is 3.52. The largest absolute Gasteiger partial charge is 0.296 e. The van der Waals surface area contributed by atoms with Gasteiger partial charge in [-0.15, -0.1) is 6.42 Å². The van der Waals surface area contributed by atoms with Gasteiger partial charge in [-0.25, -0.2) is 8.78 Å². The molecule has 0 aromatic rings. The van der Waals surface area contributed by atoms with Crippen molar-refractivity contribution in [1.29, 1.82) is 0 Å². The van der Waals surface area contributed by atoms with E-state index in [1.54, 1.807) is 13.8 Å². The highest BCUT2D eigenvalue weighted by atomic mass is 19.3. The van der Waals surface area contributed by atoms with Crippen molar-refractivity contribution >= 4 is 0 Å². The lowest BCUT2D eigenvalue weighted by atomic mass is 10.1. The smallest absolute Gasteiger partial charge is 0.250 e. The van der Waals surface area contributed by atoms with Crippen LogP contribution >= 0.6 is 0 Å². The van der Waals surface area contributed by atoms with Gasteiger partial charge < -0.3 is 0 Å². The van der Waals surface area contributed by atoms with Crippen LogP contribution in [0.1, 0.15) is 13.8 Å². The Balaban J connectivity index is 3.60. The molecule has 0 atom stereocenters. The Morgan fingerprint density at radius 2 is 2.10 bits per heavy atom. The summed E-state index contributed by atoms with van der Waals surface area (Å²) in [5.74, 6) is 2.35. The number of hydrogen-bond acceptors (Lipinski definition) is 1. The van der Waals surface area contributed by atoms with Crippen LogP contribution in [-0.2, 0) is 0 Å². The van der Waals surface area contributed by atoms with E-state index >= 15 is 0 Å². The van der Waals surface area contributed by atoms with Gasteiger partial charge in [0.05, 0.1) is 12.1 Å². The molecule has 0 aliphatic carbocycles. The summed E-state index contributed by atoms with van der Waals surface area (Å²) in [5, 5.41) is 2.52. The zero-order valence-electron chi connectivity index (χ0n) is 6.12. The van der Waals surface area contributed by atoms with E-state index in [4.69, 9.17) is 6.42 Å². The van der Waals surface area contributed by atoms with Gasteiger partial charge in [0.2, 0.25) is 0 Å². The van der Waals surface area contributed by atoms with Crippen LogP contribution in [0.2, 0.25) is 0 Å². The monoisotopic (exact) mass is 147 g/mol. The Hall–Kier alpha value is -0.620. The first-order valence-electron chi connectivity index (χ1n) is 2.99. The Labute approximate surface area is 59.8 Å². The lowest BCUT2D eigenvalue weighted by Crippen LogP contribution is -2.40. The quantitative estimate of drug-likeness (QED) is 0.592. The number of rotatable bonds is 3. The average Bonchev–Trinajstić information content (AvgIpc) is 1.85. The predicted octanol–water partition coefficient (Wildman–Crippen LogP) is 1.25. The highest BCUT2D eigenvalue weighted by Gasteiger charge is 2.14. The van der Waals surface area contributed by atoms with Crippen LogP contribution in [-0.4, -0.2) is 18.5 Å².